The summed E-state index contributed by atoms with van der Waals surface area (Å²) in [7, 11) is 0. The van der Waals surface area contributed by atoms with Crippen LogP contribution in [-0.4, -0.2) is 45.0 Å². The fourth-order valence-electron chi connectivity index (χ4n) is 10.1. The van der Waals surface area contributed by atoms with Gasteiger partial charge in [-0.1, -0.05) is 102 Å². The molecule has 0 N–H and O–H groups in total. The molecule has 2 fully saturated rings. The van der Waals surface area contributed by atoms with E-state index >= 15 is 0 Å². The summed E-state index contributed by atoms with van der Waals surface area (Å²) in [6.07, 6.45) is 24.4. The maximum atomic E-state index is 2.86. The van der Waals surface area contributed by atoms with E-state index in [0.717, 1.165) is 11.8 Å². The second-order valence-corrected chi connectivity index (χ2v) is 17.9. The van der Waals surface area contributed by atoms with E-state index in [2.05, 4.69) is 103 Å². The smallest absolute Gasteiger partial charge is 0.0161 e. The van der Waals surface area contributed by atoms with Crippen LogP contribution >= 0.6 is 0 Å². The highest BCUT2D eigenvalue weighted by Gasteiger charge is 2.45. The van der Waals surface area contributed by atoms with Crippen molar-refractivity contribution in [2.45, 2.75) is 207 Å². The largest absolute Gasteiger partial charge is 0.293 e. The zero-order valence-corrected chi connectivity index (χ0v) is 31.5. The Morgan fingerprint density at radius 1 is 0.455 bits per heavy atom. The minimum absolute atomic E-state index is 0.277. The van der Waals surface area contributed by atoms with Crippen LogP contribution in [0.1, 0.15) is 183 Å². The average molecular weight is 609 g/mol. The summed E-state index contributed by atoms with van der Waals surface area (Å²) in [6.45, 7) is 27.3. The van der Waals surface area contributed by atoms with Gasteiger partial charge in [0.2, 0.25) is 0 Å². The molecule has 2 saturated heterocycles. The molecule has 0 aromatic heterocycles. The van der Waals surface area contributed by atoms with Crippen molar-refractivity contribution in [1.82, 2.24) is 9.80 Å². The minimum atomic E-state index is 0.277. The van der Waals surface area contributed by atoms with Crippen LogP contribution in [0, 0.1) is 11.8 Å². The van der Waals surface area contributed by atoms with Crippen LogP contribution in [0.25, 0.3) is 0 Å². The van der Waals surface area contributed by atoms with Crippen LogP contribution in [0.5, 0.6) is 0 Å². The van der Waals surface area contributed by atoms with Gasteiger partial charge < -0.3 is 0 Å². The highest BCUT2D eigenvalue weighted by Crippen LogP contribution is 2.44. The molecule has 2 aliphatic heterocycles. The van der Waals surface area contributed by atoms with E-state index in [0.29, 0.717) is 0 Å². The van der Waals surface area contributed by atoms with Gasteiger partial charge >= 0.3 is 0 Å². The molecular weight excluding hydrogens is 532 g/mol. The SMILES string of the molecule is CCCCCCCCN1C(C)(C)CC(Cc2ccc(CC3CC(C)(C)N(CCCCCCCC)C(C)(C)C3)cc2)CC1(C)C. The van der Waals surface area contributed by atoms with Gasteiger partial charge in [0.15, 0.2) is 0 Å². The lowest BCUT2D eigenvalue weighted by molar-refractivity contribution is -0.0524. The maximum absolute atomic E-state index is 2.86. The molecule has 0 bridgehead atoms. The standard InChI is InChI=1S/C42H76N2/c1-11-13-15-17-19-21-27-43-39(3,4)31-37(32-40(43,5)6)29-35-23-25-36(26-24-35)30-38-33-41(7,8)44(42(9,10)34-38)28-22-20-18-16-14-12-2/h23-26,37-38H,11-22,27-34H2,1-10H3. The van der Waals surface area contributed by atoms with Crippen LogP contribution in [0.3, 0.4) is 0 Å². The molecule has 2 heteroatoms. The predicted molar refractivity (Wildman–Crippen MR) is 196 cm³/mol. The van der Waals surface area contributed by atoms with Crippen molar-refractivity contribution in [3.8, 4) is 0 Å². The summed E-state index contributed by atoms with van der Waals surface area (Å²) in [5, 5.41) is 0. The first-order valence-electron chi connectivity index (χ1n) is 19.3. The number of unbranched alkanes of at least 4 members (excludes halogenated alkanes) is 10. The highest BCUT2D eigenvalue weighted by molar-refractivity contribution is 5.24. The molecule has 0 radical (unpaired) electrons. The number of hydrogen-bond donors (Lipinski definition) is 0. The molecule has 0 amide bonds. The Bertz CT molecular complexity index is 826. The fraction of sp³-hybridized carbons (Fsp3) is 0.857. The van der Waals surface area contributed by atoms with Gasteiger partial charge in [-0.15, -0.1) is 0 Å². The molecule has 3 rings (SSSR count). The zero-order valence-electron chi connectivity index (χ0n) is 31.5. The van der Waals surface area contributed by atoms with Crippen molar-refractivity contribution in [2.75, 3.05) is 13.1 Å². The molecule has 2 aliphatic rings. The van der Waals surface area contributed by atoms with E-state index in [1.54, 1.807) is 11.1 Å². The first-order valence-corrected chi connectivity index (χ1v) is 19.3. The fourth-order valence-corrected chi connectivity index (χ4v) is 10.1. The molecule has 0 unspecified atom stereocenters. The number of rotatable bonds is 18. The summed E-state index contributed by atoms with van der Waals surface area (Å²) in [4.78, 5) is 5.72. The number of benzene rings is 1. The normalized spacial score (nSPS) is 22.4. The van der Waals surface area contributed by atoms with Gasteiger partial charge in [0.05, 0.1) is 0 Å². The van der Waals surface area contributed by atoms with Gasteiger partial charge in [-0.25, -0.2) is 0 Å². The zero-order chi connectivity index (χ0) is 32.4. The highest BCUT2D eigenvalue weighted by atomic mass is 15.3. The first kappa shape index (κ1) is 37.6. The molecule has 44 heavy (non-hydrogen) atoms. The van der Waals surface area contributed by atoms with Crippen LogP contribution in [0.4, 0.5) is 0 Å². The third-order valence-electron chi connectivity index (χ3n) is 11.6. The van der Waals surface area contributed by atoms with E-state index in [4.69, 9.17) is 0 Å². The van der Waals surface area contributed by atoms with Gasteiger partial charge in [-0.2, -0.15) is 0 Å². The van der Waals surface area contributed by atoms with E-state index in [1.165, 1.54) is 129 Å². The molecule has 0 saturated carbocycles. The molecular formula is C42H76N2. The second-order valence-electron chi connectivity index (χ2n) is 17.9. The number of piperidine rings is 2. The first-order chi connectivity index (χ1) is 20.7. The molecule has 1 aromatic carbocycles. The topological polar surface area (TPSA) is 6.48 Å². The summed E-state index contributed by atoms with van der Waals surface area (Å²) >= 11 is 0. The molecule has 0 atom stereocenters. The van der Waals surface area contributed by atoms with Crippen LogP contribution in [0.15, 0.2) is 24.3 Å². The Balaban J connectivity index is 1.51. The minimum Gasteiger partial charge on any atom is -0.293 e. The van der Waals surface area contributed by atoms with Crippen molar-refractivity contribution < 1.29 is 0 Å². The number of nitrogens with zero attached hydrogens (tertiary/aromatic N) is 2. The van der Waals surface area contributed by atoms with E-state index < -0.39 is 0 Å². The van der Waals surface area contributed by atoms with Crippen molar-refractivity contribution >= 4 is 0 Å². The Morgan fingerprint density at radius 2 is 0.727 bits per heavy atom. The molecule has 2 heterocycles. The van der Waals surface area contributed by atoms with Crippen LogP contribution < -0.4 is 0 Å². The Kier molecular flexibility index (Phi) is 14.4. The van der Waals surface area contributed by atoms with Crippen LogP contribution in [0.2, 0.25) is 0 Å². The summed E-state index contributed by atoms with van der Waals surface area (Å²) in [6, 6.07) is 9.90. The van der Waals surface area contributed by atoms with E-state index in [-0.39, 0.29) is 22.2 Å². The van der Waals surface area contributed by atoms with Gasteiger partial charge in [-0.3, -0.25) is 9.80 Å². The van der Waals surface area contributed by atoms with E-state index in [9.17, 15) is 0 Å². The Morgan fingerprint density at radius 3 is 1.02 bits per heavy atom. The Labute approximate surface area is 276 Å². The third kappa shape index (κ3) is 11.1. The van der Waals surface area contributed by atoms with Gasteiger partial charge in [-0.05, 0) is 143 Å². The van der Waals surface area contributed by atoms with E-state index in [1.807, 2.05) is 0 Å². The van der Waals surface area contributed by atoms with Crippen molar-refractivity contribution in [3.05, 3.63) is 35.4 Å². The van der Waals surface area contributed by atoms with Crippen LogP contribution in [-0.2, 0) is 12.8 Å². The molecule has 2 nitrogen and oxygen atoms in total. The Hall–Kier alpha value is -0.860. The quantitative estimate of drug-likeness (QED) is 0.153. The predicted octanol–water partition coefficient (Wildman–Crippen LogP) is 12.0. The van der Waals surface area contributed by atoms with Crippen molar-refractivity contribution in [2.24, 2.45) is 11.8 Å². The molecule has 254 valence electrons. The van der Waals surface area contributed by atoms with Crippen molar-refractivity contribution in [3.63, 3.8) is 0 Å². The second kappa shape index (κ2) is 16.8. The van der Waals surface area contributed by atoms with Gasteiger partial charge in [0.1, 0.15) is 0 Å². The lowest BCUT2D eigenvalue weighted by Crippen LogP contribution is -2.61. The maximum Gasteiger partial charge on any atom is 0.0161 e. The molecule has 0 aliphatic carbocycles. The summed E-state index contributed by atoms with van der Waals surface area (Å²) in [5.74, 6) is 1.54. The van der Waals surface area contributed by atoms with Crippen molar-refractivity contribution in [1.29, 1.82) is 0 Å². The average Bonchev–Trinajstić information content (AvgIpc) is 2.90. The lowest BCUT2D eigenvalue weighted by Gasteiger charge is -2.56. The summed E-state index contributed by atoms with van der Waals surface area (Å²) < 4.78 is 0. The monoisotopic (exact) mass is 609 g/mol. The number of hydrogen-bond acceptors (Lipinski definition) is 2. The third-order valence-corrected chi connectivity index (χ3v) is 11.6. The summed E-state index contributed by atoms with van der Waals surface area (Å²) in [5.41, 5.74) is 4.20. The molecule has 0 spiro atoms. The van der Waals surface area contributed by atoms with Gasteiger partial charge in [0.25, 0.3) is 0 Å². The lowest BCUT2D eigenvalue weighted by atomic mass is 9.71. The molecule has 1 aromatic rings. The van der Waals surface area contributed by atoms with Gasteiger partial charge in [0, 0.05) is 22.2 Å². The number of likely N-dealkylation sites (tertiary alicyclic amines) is 2.